The fraction of sp³-hybridized carbons (Fsp3) is 0.387. The van der Waals surface area contributed by atoms with Crippen LogP contribution in [0.4, 0.5) is 15.9 Å². The Bertz CT molecular complexity index is 1580. The maximum Gasteiger partial charge on any atom is 0.244 e. The molecule has 6 rings (SSSR count). The van der Waals surface area contributed by atoms with Crippen molar-refractivity contribution in [3.63, 3.8) is 0 Å². The molecule has 1 amide bonds. The van der Waals surface area contributed by atoms with Crippen molar-refractivity contribution < 1.29 is 13.9 Å². The average molecular weight is 558 g/mol. The van der Waals surface area contributed by atoms with Gasteiger partial charge in [-0.3, -0.25) is 4.79 Å². The van der Waals surface area contributed by atoms with Crippen LogP contribution >= 0.6 is 0 Å². The van der Waals surface area contributed by atoms with E-state index in [0.29, 0.717) is 36.6 Å². The van der Waals surface area contributed by atoms with Crippen LogP contribution in [0, 0.1) is 5.82 Å². The van der Waals surface area contributed by atoms with E-state index in [1.54, 1.807) is 25.7 Å². The Kier molecular flexibility index (Phi) is 7.25. The number of hydrogen-bond donors (Lipinski definition) is 2. The van der Waals surface area contributed by atoms with E-state index in [1.807, 2.05) is 21.6 Å². The van der Waals surface area contributed by atoms with Crippen LogP contribution in [0.25, 0.3) is 22.2 Å². The molecule has 0 bridgehead atoms. The Labute approximate surface area is 238 Å². The first-order valence-electron chi connectivity index (χ1n) is 14.2. The normalized spacial score (nSPS) is 19.5. The Morgan fingerprint density at radius 3 is 2.63 bits per heavy atom. The molecule has 1 atom stereocenters. The molecule has 214 valence electrons. The highest BCUT2D eigenvalue weighted by Gasteiger charge is 2.42. The van der Waals surface area contributed by atoms with E-state index < -0.39 is 5.54 Å². The molecule has 2 saturated heterocycles. The number of nitrogens with two attached hydrogens (primary N) is 2. The largest absolute Gasteiger partial charge is 0.493 e. The zero-order valence-electron chi connectivity index (χ0n) is 23.4. The van der Waals surface area contributed by atoms with Crippen LogP contribution in [0.5, 0.6) is 5.75 Å². The minimum absolute atomic E-state index is 0.0492. The Morgan fingerprint density at radius 2 is 1.85 bits per heavy atom. The van der Waals surface area contributed by atoms with E-state index >= 15 is 0 Å². The van der Waals surface area contributed by atoms with Gasteiger partial charge in [-0.05, 0) is 73.1 Å². The zero-order valence-corrected chi connectivity index (χ0v) is 23.4. The highest BCUT2D eigenvalue weighted by atomic mass is 19.1. The first-order valence-corrected chi connectivity index (χ1v) is 14.2. The molecule has 2 aromatic heterocycles. The molecule has 4 N–H and O–H groups in total. The lowest BCUT2D eigenvalue weighted by atomic mass is 9.87. The second kappa shape index (κ2) is 11.0. The van der Waals surface area contributed by atoms with Gasteiger partial charge in [-0.25, -0.2) is 14.4 Å². The topological polar surface area (TPSA) is 116 Å². The summed E-state index contributed by atoms with van der Waals surface area (Å²) in [4.78, 5) is 26.5. The monoisotopic (exact) mass is 557 g/mol. The van der Waals surface area contributed by atoms with Crippen LogP contribution in [0.2, 0.25) is 0 Å². The van der Waals surface area contributed by atoms with Crippen LogP contribution in [0.1, 0.15) is 37.7 Å². The van der Waals surface area contributed by atoms with Crippen molar-refractivity contribution in [3.05, 3.63) is 66.4 Å². The molecule has 9 nitrogen and oxygen atoms in total. The quantitative estimate of drug-likeness (QED) is 0.365. The lowest BCUT2D eigenvalue weighted by Gasteiger charge is -2.44. The third kappa shape index (κ3) is 5.19. The van der Waals surface area contributed by atoms with Crippen LogP contribution in [0.15, 0.2) is 55.0 Å². The summed E-state index contributed by atoms with van der Waals surface area (Å²) in [6, 6.07) is 12.7. The van der Waals surface area contributed by atoms with Gasteiger partial charge in [0.15, 0.2) is 11.6 Å². The smallest absolute Gasteiger partial charge is 0.244 e. The van der Waals surface area contributed by atoms with Crippen molar-refractivity contribution >= 4 is 28.4 Å². The molecule has 1 unspecified atom stereocenters. The Balaban J connectivity index is 1.40. The molecule has 4 heterocycles. The standard InChI is InChI=1S/C31H36FN7O2/c1-41-26-17-35-29(33)27-28(26)39(20-36-27)18-23-15-22(21-7-5-8-24(32)16-21)9-10-25(23)38-14-6-11-31(34,19-38)30(40)37-12-3-2-4-13-37/h5,7-10,15-17,20H,2-4,6,11-14,18-19,34H2,1H3,(H2,33,35). The van der Waals surface area contributed by atoms with Gasteiger partial charge in [-0.2, -0.15) is 0 Å². The zero-order chi connectivity index (χ0) is 28.6. The number of hydrogen-bond acceptors (Lipinski definition) is 7. The number of nitrogen functional groups attached to an aromatic ring is 1. The number of benzene rings is 2. The molecule has 4 aromatic rings. The van der Waals surface area contributed by atoms with Gasteiger partial charge in [0.05, 0.1) is 26.2 Å². The van der Waals surface area contributed by atoms with Crippen molar-refractivity contribution in [2.45, 2.75) is 44.2 Å². The summed E-state index contributed by atoms with van der Waals surface area (Å²) < 4.78 is 21.7. The maximum atomic E-state index is 14.1. The van der Waals surface area contributed by atoms with Gasteiger partial charge in [0.2, 0.25) is 5.91 Å². The number of ether oxygens (including phenoxy) is 1. The number of methoxy groups -OCH3 is 1. The number of rotatable bonds is 6. The highest BCUT2D eigenvalue weighted by Crippen LogP contribution is 2.35. The highest BCUT2D eigenvalue weighted by molar-refractivity contribution is 5.90. The van der Waals surface area contributed by atoms with Crippen molar-refractivity contribution in [3.8, 4) is 16.9 Å². The number of likely N-dealkylation sites (tertiary alicyclic amines) is 1. The number of halogens is 1. The molecule has 2 aromatic carbocycles. The minimum Gasteiger partial charge on any atom is -0.493 e. The SMILES string of the molecule is COc1cnc(N)c2ncn(Cc3cc(-c4cccc(F)c4)ccc3N3CCCC(N)(C(=O)N4CCCCC4)C3)c12. The van der Waals surface area contributed by atoms with E-state index in [-0.39, 0.29) is 11.7 Å². The molecular weight excluding hydrogens is 521 g/mol. The number of amides is 1. The molecule has 0 aliphatic carbocycles. The number of carbonyl (C=O) groups is 1. The number of pyridine rings is 1. The number of aromatic nitrogens is 3. The minimum atomic E-state index is -0.945. The van der Waals surface area contributed by atoms with Gasteiger partial charge >= 0.3 is 0 Å². The van der Waals surface area contributed by atoms with Crippen molar-refractivity contribution in [2.24, 2.45) is 5.73 Å². The van der Waals surface area contributed by atoms with Crippen LogP contribution < -0.4 is 21.1 Å². The van der Waals surface area contributed by atoms with Gasteiger partial charge < -0.3 is 30.6 Å². The second-order valence-electron chi connectivity index (χ2n) is 11.2. The fourth-order valence-electron chi connectivity index (χ4n) is 6.28. The summed E-state index contributed by atoms with van der Waals surface area (Å²) in [6.45, 7) is 3.21. The third-order valence-corrected chi connectivity index (χ3v) is 8.37. The number of fused-ring (bicyclic) bond motifs is 1. The summed E-state index contributed by atoms with van der Waals surface area (Å²) in [5.41, 5.74) is 17.0. The van der Waals surface area contributed by atoms with E-state index in [0.717, 1.165) is 73.2 Å². The second-order valence-corrected chi connectivity index (χ2v) is 11.2. The van der Waals surface area contributed by atoms with Gasteiger partial charge in [-0.1, -0.05) is 18.2 Å². The Hall–Kier alpha value is -4.18. The van der Waals surface area contributed by atoms with E-state index in [4.69, 9.17) is 16.2 Å². The number of imidazole rings is 1. The third-order valence-electron chi connectivity index (χ3n) is 8.37. The Morgan fingerprint density at radius 1 is 1.05 bits per heavy atom. The van der Waals surface area contributed by atoms with Crippen LogP contribution in [-0.4, -0.2) is 64.2 Å². The predicted molar refractivity (Wildman–Crippen MR) is 158 cm³/mol. The molecule has 2 aliphatic rings. The summed E-state index contributed by atoms with van der Waals surface area (Å²) in [5.74, 6) is 0.656. The molecule has 0 saturated carbocycles. The predicted octanol–water partition coefficient (Wildman–Crippen LogP) is 4.19. The van der Waals surface area contributed by atoms with Gasteiger partial charge in [-0.15, -0.1) is 0 Å². The van der Waals surface area contributed by atoms with E-state index in [2.05, 4.69) is 27.0 Å². The summed E-state index contributed by atoms with van der Waals surface area (Å²) in [6.07, 6.45) is 8.01. The molecule has 2 aliphatic heterocycles. The molecule has 0 radical (unpaired) electrons. The summed E-state index contributed by atoms with van der Waals surface area (Å²) >= 11 is 0. The van der Waals surface area contributed by atoms with Crippen molar-refractivity contribution in [1.29, 1.82) is 0 Å². The van der Waals surface area contributed by atoms with E-state index in [9.17, 15) is 9.18 Å². The first kappa shape index (κ1) is 27.0. The number of nitrogens with zero attached hydrogens (tertiary/aromatic N) is 5. The molecular formula is C31H36FN7O2. The number of anilines is 2. The number of carbonyl (C=O) groups excluding carboxylic acids is 1. The average Bonchev–Trinajstić information content (AvgIpc) is 3.42. The van der Waals surface area contributed by atoms with Crippen LogP contribution in [0.3, 0.4) is 0 Å². The van der Waals surface area contributed by atoms with Crippen LogP contribution in [-0.2, 0) is 11.3 Å². The van der Waals surface area contributed by atoms with Crippen molar-refractivity contribution in [1.82, 2.24) is 19.4 Å². The van der Waals surface area contributed by atoms with Crippen molar-refractivity contribution in [2.75, 3.05) is 43.9 Å². The first-order chi connectivity index (χ1) is 19.9. The molecule has 41 heavy (non-hydrogen) atoms. The van der Waals surface area contributed by atoms with Gasteiger partial charge in [0.25, 0.3) is 0 Å². The lowest BCUT2D eigenvalue weighted by molar-refractivity contribution is -0.138. The van der Waals surface area contributed by atoms with E-state index in [1.165, 1.54) is 12.1 Å². The summed E-state index contributed by atoms with van der Waals surface area (Å²) in [7, 11) is 1.59. The molecule has 10 heteroatoms. The molecule has 2 fully saturated rings. The molecule has 0 spiro atoms. The fourth-order valence-corrected chi connectivity index (χ4v) is 6.28. The van der Waals surface area contributed by atoms with Gasteiger partial charge in [0, 0.05) is 31.9 Å². The maximum absolute atomic E-state index is 14.1. The van der Waals surface area contributed by atoms with Gasteiger partial charge in [0.1, 0.15) is 22.4 Å². The number of piperidine rings is 2. The summed E-state index contributed by atoms with van der Waals surface area (Å²) in [5, 5.41) is 0. The lowest BCUT2D eigenvalue weighted by Crippen LogP contribution is -2.64.